The van der Waals surface area contributed by atoms with E-state index in [0.717, 1.165) is 13.0 Å². The Kier molecular flexibility index (Phi) is 3.32. The van der Waals surface area contributed by atoms with Crippen molar-refractivity contribution in [2.75, 3.05) is 6.54 Å². The number of allylic oxidation sites excluding steroid dienone is 1. The normalized spacial score (nSPS) is 27.9. The minimum absolute atomic E-state index is 0.154. The van der Waals surface area contributed by atoms with Gasteiger partial charge in [0.05, 0.1) is 6.04 Å². The van der Waals surface area contributed by atoms with Crippen LogP contribution < -0.4 is 11.1 Å². The molecule has 0 aromatic rings. The van der Waals surface area contributed by atoms with Gasteiger partial charge in [-0.05, 0) is 19.3 Å². The van der Waals surface area contributed by atoms with Crippen LogP contribution in [0, 0.1) is 5.92 Å². The number of hydrogen-bond acceptors (Lipinski definition) is 2. The summed E-state index contributed by atoms with van der Waals surface area (Å²) in [6.45, 7) is 10.6. The molecule has 2 unspecified atom stereocenters. The average Bonchev–Trinajstić information content (AvgIpc) is 2.08. The van der Waals surface area contributed by atoms with Crippen LogP contribution in [-0.2, 0) is 0 Å². The quantitative estimate of drug-likeness (QED) is 0.644. The van der Waals surface area contributed by atoms with Gasteiger partial charge in [0.25, 0.3) is 0 Å². The molecule has 0 aromatic heterocycles. The van der Waals surface area contributed by atoms with Gasteiger partial charge in [0.2, 0.25) is 0 Å². The first-order chi connectivity index (χ1) is 6.15. The van der Waals surface area contributed by atoms with Gasteiger partial charge < -0.3 is 11.1 Å². The minimum Gasteiger partial charge on any atom is -0.401 e. The summed E-state index contributed by atoms with van der Waals surface area (Å²) in [5.74, 6) is 0.577. The van der Waals surface area contributed by atoms with Crippen LogP contribution in [0.5, 0.6) is 0 Å². The molecular weight excluding hydrogens is 160 g/mol. The lowest BCUT2D eigenvalue weighted by molar-refractivity contribution is 0.491. The molecule has 0 saturated carbocycles. The highest BCUT2D eigenvalue weighted by molar-refractivity contribution is 5.21. The molecule has 2 nitrogen and oxygen atoms in total. The van der Waals surface area contributed by atoms with Gasteiger partial charge >= 0.3 is 0 Å². The van der Waals surface area contributed by atoms with Gasteiger partial charge in [0, 0.05) is 12.2 Å². The van der Waals surface area contributed by atoms with Crippen molar-refractivity contribution in [1.82, 2.24) is 5.32 Å². The Morgan fingerprint density at radius 3 is 3.00 bits per heavy atom. The third kappa shape index (κ3) is 2.46. The highest BCUT2D eigenvalue weighted by Gasteiger charge is 2.18. The Morgan fingerprint density at radius 1 is 1.85 bits per heavy atom. The molecule has 0 amide bonds. The third-order valence-corrected chi connectivity index (χ3v) is 2.51. The van der Waals surface area contributed by atoms with E-state index in [1.54, 1.807) is 0 Å². The molecule has 0 fully saturated rings. The van der Waals surface area contributed by atoms with Crippen molar-refractivity contribution < 1.29 is 0 Å². The van der Waals surface area contributed by atoms with Gasteiger partial charge in [-0.1, -0.05) is 24.3 Å². The third-order valence-electron chi connectivity index (χ3n) is 2.51. The second-order valence-electron chi connectivity index (χ2n) is 3.59. The zero-order valence-corrected chi connectivity index (χ0v) is 8.22. The second-order valence-corrected chi connectivity index (χ2v) is 3.59. The Balaban J connectivity index is 2.66. The first-order valence-corrected chi connectivity index (χ1v) is 4.62. The molecule has 0 aliphatic carbocycles. The van der Waals surface area contributed by atoms with Crippen molar-refractivity contribution in [3.63, 3.8) is 0 Å². The number of nitrogens with two attached hydrogens (primary N) is 1. The zero-order valence-electron chi connectivity index (χ0n) is 8.22. The average molecular weight is 178 g/mol. The molecule has 3 N–H and O–H groups in total. The maximum atomic E-state index is 5.63. The second kappa shape index (κ2) is 4.28. The summed E-state index contributed by atoms with van der Waals surface area (Å²) in [6.07, 6.45) is 5.14. The topological polar surface area (TPSA) is 38.0 Å². The van der Waals surface area contributed by atoms with Gasteiger partial charge in [-0.2, -0.15) is 0 Å². The number of hydrogen-bond donors (Lipinski definition) is 2. The smallest absolute Gasteiger partial charge is 0.0650 e. The monoisotopic (exact) mass is 178 g/mol. The zero-order chi connectivity index (χ0) is 9.84. The largest absolute Gasteiger partial charge is 0.401 e. The van der Waals surface area contributed by atoms with E-state index in [1.807, 2.05) is 6.08 Å². The number of nitrogens with one attached hydrogen (secondary N) is 1. The highest BCUT2D eigenvalue weighted by Crippen LogP contribution is 2.20. The van der Waals surface area contributed by atoms with E-state index < -0.39 is 0 Å². The summed E-state index contributed by atoms with van der Waals surface area (Å²) in [5.41, 5.74) is 7.70. The number of rotatable bonds is 3. The summed E-state index contributed by atoms with van der Waals surface area (Å²) in [7, 11) is 0. The molecule has 2 atom stereocenters. The molecule has 1 aliphatic rings. The fourth-order valence-electron chi connectivity index (χ4n) is 1.60. The predicted octanol–water partition coefficient (Wildman–Crippen LogP) is 1.57. The summed E-state index contributed by atoms with van der Waals surface area (Å²) in [4.78, 5) is 0. The van der Waals surface area contributed by atoms with Crippen LogP contribution in [0.1, 0.15) is 13.3 Å². The lowest BCUT2D eigenvalue weighted by Crippen LogP contribution is -2.39. The van der Waals surface area contributed by atoms with Crippen molar-refractivity contribution >= 4 is 0 Å². The minimum atomic E-state index is 0.154. The summed E-state index contributed by atoms with van der Waals surface area (Å²) in [5, 5.41) is 3.34. The van der Waals surface area contributed by atoms with E-state index in [0.29, 0.717) is 11.6 Å². The molecule has 2 heteroatoms. The van der Waals surface area contributed by atoms with Crippen molar-refractivity contribution in [1.29, 1.82) is 0 Å². The van der Waals surface area contributed by atoms with E-state index in [9.17, 15) is 0 Å². The summed E-state index contributed by atoms with van der Waals surface area (Å²) in [6, 6.07) is 0.154. The molecule has 72 valence electrons. The van der Waals surface area contributed by atoms with E-state index in [2.05, 4.69) is 31.5 Å². The Labute approximate surface area is 80.2 Å². The van der Waals surface area contributed by atoms with Crippen molar-refractivity contribution in [2.45, 2.75) is 19.4 Å². The molecule has 1 rings (SSSR count). The molecular formula is C11H18N2. The Morgan fingerprint density at radius 2 is 2.54 bits per heavy atom. The molecule has 0 saturated heterocycles. The van der Waals surface area contributed by atoms with Crippen LogP contribution in [0.2, 0.25) is 0 Å². The molecule has 0 radical (unpaired) electrons. The highest BCUT2D eigenvalue weighted by atomic mass is 14.9. The van der Waals surface area contributed by atoms with Crippen LogP contribution in [0.4, 0.5) is 0 Å². The Hall–Kier alpha value is -1.02. The van der Waals surface area contributed by atoms with Crippen molar-refractivity contribution in [3.05, 3.63) is 36.6 Å². The van der Waals surface area contributed by atoms with Crippen LogP contribution in [0.15, 0.2) is 36.6 Å². The predicted molar refractivity (Wildman–Crippen MR) is 57.2 cm³/mol. The van der Waals surface area contributed by atoms with Gasteiger partial charge in [0.15, 0.2) is 0 Å². The first kappa shape index (κ1) is 10.1. The van der Waals surface area contributed by atoms with Crippen LogP contribution in [-0.4, -0.2) is 12.6 Å². The maximum absolute atomic E-state index is 5.63. The van der Waals surface area contributed by atoms with E-state index in [-0.39, 0.29) is 6.04 Å². The van der Waals surface area contributed by atoms with Gasteiger partial charge in [-0.25, -0.2) is 0 Å². The summed E-state index contributed by atoms with van der Waals surface area (Å²) < 4.78 is 0. The van der Waals surface area contributed by atoms with Crippen LogP contribution in [0.25, 0.3) is 0 Å². The molecule has 1 aliphatic heterocycles. The van der Waals surface area contributed by atoms with Gasteiger partial charge in [-0.15, -0.1) is 6.58 Å². The van der Waals surface area contributed by atoms with Crippen molar-refractivity contribution in [2.24, 2.45) is 11.7 Å². The maximum Gasteiger partial charge on any atom is 0.0650 e. The molecule has 0 aromatic carbocycles. The van der Waals surface area contributed by atoms with E-state index in [1.165, 1.54) is 5.57 Å². The molecule has 1 heterocycles. The standard InChI is InChI=1S/C11H18N2/c1-4-5-10-7-13-11(9(3)12)6-8(10)2/h4,6,10-11,13H,1,3,5,7,12H2,2H3. The SMILES string of the molecule is C=CCC1CNC(C(=C)N)C=C1C. The van der Waals surface area contributed by atoms with Crippen LogP contribution in [0.3, 0.4) is 0 Å². The van der Waals surface area contributed by atoms with Gasteiger partial charge in [0.1, 0.15) is 0 Å². The first-order valence-electron chi connectivity index (χ1n) is 4.62. The molecule has 0 spiro atoms. The van der Waals surface area contributed by atoms with Gasteiger partial charge in [-0.3, -0.25) is 0 Å². The fourth-order valence-corrected chi connectivity index (χ4v) is 1.60. The lowest BCUT2D eigenvalue weighted by atomic mass is 9.91. The van der Waals surface area contributed by atoms with E-state index in [4.69, 9.17) is 5.73 Å². The van der Waals surface area contributed by atoms with Crippen molar-refractivity contribution in [3.8, 4) is 0 Å². The molecule has 13 heavy (non-hydrogen) atoms. The lowest BCUT2D eigenvalue weighted by Gasteiger charge is -2.27. The fraction of sp³-hybridized carbons (Fsp3) is 0.455. The van der Waals surface area contributed by atoms with Crippen LogP contribution >= 0.6 is 0 Å². The summed E-state index contributed by atoms with van der Waals surface area (Å²) >= 11 is 0. The van der Waals surface area contributed by atoms with E-state index >= 15 is 0 Å². The molecule has 0 bridgehead atoms. The Bertz CT molecular complexity index is 240.